The van der Waals surface area contributed by atoms with E-state index in [0.717, 1.165) is 27.3 Å². The number of amides is 4. The molecule has 8 heteroatoms. The molecule has 5 rings (SSSR count). The summed E-state index contributed by atoms with van der Waals surface area (Å²) in [5.41, 5.74) is 3.23. The van der Waals surface area contributed by atoms with Gasteiger partial charge in [-0.1, -0.05) is 59.7 Å². The van der Waals surface area contributed by atoms with Crippen molar-refractivity contribution in [2.45, 2.75) is 38.8 Å². The molecule has 3 heterocycles. The number of rotatable bonds is 5. The lowest BCUT2D eigenvalue weighted by molar-refractivity contribution is -0.140. The summed E-state index contributed by atoms with van der Waals surface area (Å²) in [6.07, 6.45) is 2.01. The monoisotopic (exact) mass is 470 g/mol. The molecule has 1 fully saturated rings. The van der Waals surface area contributed by atoms with Gasteiger partial charge in [0.15, 0.2) is 0 Å². The van der Waals surface area contributed by atoms with Crippen LogP contribution in [0.15, 0.2) is 76.4 Å². The lowest BCUT2D eigenvalue weighted by atomic mass is 9.91. The summed E-state index contributed by atoms with van der Waals surface area (Å²) in [5, 5.41) is 8.67. The molecular formula is C27H26N4O4. The van der Waals surface area contributed by atoms with Gasteiger partial charge >= 0.3 is 6.03 Å². The van der Waals surface area contributed by atoms with Crippen LogP contribution in [0.5, 0.6) is 0 Å². The van der Waals surface area contributed by atoms with Crippen LogP contribution in [-0.4, -0.2) is 40.0 Å². The third kappa shape index (κ3) is 4.01. The molecule has 35 heavy (non-hydrogen) atoms. The second-order valence-corrected chi connectivity index (χ2v) is 9.20. The minimum Gasteiger partial charge on any atom is -0.467 e. The van der Waals surface area contributed by atoms with Gasteiger partial charge in [-0.05, 0) is 44.0 Å². The zero-order valence-electron chi connectivity index (χ0n) is 19.8. The van der Waals surface area contributed by atoms with Gasteiger partial charge in [-0.3, -0.25) is 14.5 Å². The van der Waals surface area contributed by atoms with E-state index in [0.29, 0.717) is 17.7 Å². The summed E-state index contributed by atoms with van der Waals surface area (Å²) in [4.78, 5) is 40.5. The Bertz CT molecular complexity index is 1310. The standard InChI is InChI=1S/C27H26N4O4/c1-17-6-10-19(11-7-17)21-15-22(23-5-4-14-35-23)31(29-21)24(32)16-30-25(33)27(3,28-26(30)34)20-12-8-18(2)9-13-20/h4-14,22H,15-16H2,1-3H3,(H,28,34). The summed E-state index contributed by atoms with van der Waals surface area (Å²) in [6.45, 7) is 5.18. The average Bonchev–Trinajstić information content (AvgIpc) is 3.56. The Kier molecular flexibility index (Phi) is 5.51. The van der Waals surface area contributed by atoms with Crippen molar-refractivity contribution in [3.8, 4) is 0 Å². The number of urea groups is 1. The number of hydrogen-bond donors (Lipinski definition) is 1. The highest BCUT2D eigenvalue weighted by molar-refractivity contribution is 6.09. The SMILES string of the molecule is Cc1ccc(C2=NN(C(=O)CN3C(=O)NC(C)(c4ccc(C)cc4)C3=O)C(c3ccco3)C2)cc1. The van der Waals surface area contributed by atoms with Crippen LogP contribution in [0, 0.1) is 13.8 Å². The molecule has 0 aliphatic carbocycles. The number of hydrazone groups is 1. The Morgan fingerprint density at radius 3 is 2.34 bits per heavy atom. The first-order chi connectivity index (χ1) is 16.8. The summed E-state index contributed by atoms with van der Waals surface area (Å²) in [7, 11) is 0. The third-order valence-corrected chi connectivity index (χ3v) is 6.62. The third-order valence-electron chi connectivity index (χ3n) is 6.62. The van der Waals surface area contributed by atoms with Gasteiger partial charge in [0, 0.05) is 6.42 Å². The van der Waals surface area contributed by atoms with Crippen LogP contribution in [0.25, 0.3) is 0 Å². The van der Waals surface area contributed by atoms with Crippen LogP contribution < -0.4 is 5.32 Å². The lowest BCUT2D eigenvalue weighted by Crippen LogP contribution is -2.43. The van der Waals surface area contributed by atoms with E-state index in [2.05, 4.69) is 10.4 Å². The Morgan fingerprint density at radius 2 is 1.71 bits per heavy atom. The van der Waals surface area contributed by atoms with Crippen LogP contribution in [0.1, 0.15) is 47.4 Å². The van der Waals surface area contributed by atoms with Crippen molar-refractivity contribution in [1.29, 1.82) is 0 Å². The maximum atomic E-state index is 13.4. The molecule has 2 unspecified atom stereocenters. The molecule has 2 aliphatic heterocycles. The maximum absolute atomic E-state index is 13.4. The second-order valence-electron chi connectivity index (χ2n) is 9.20. The fourth-order valence-electron chi connectivity index (χ4n) is 4.49. The van der Waals surface area contributed by atoms with E-state index in [9.17, 15) is 14.4 Å². The van der Waals surface area contributed by atoms with Crippen molar-refractivity contribution < 1.29 is 18.8 Å². The normalized spacial score (nSPS) is 21.9. The highest BCUT2D eigenvalue weighted by Crippen LogP contribution is 2.34. The Labute approximate surface area is 203 Å². The number of carbonyl (C=O) groups excluding carboxylic acids is 3. The van der Waals surface area contributed by atoms with Crippen LogP contribution >= 0.6 is 0 Å². The second kappa shape index (κ2) is 8.54. The van der Waals surface area contributed by atoms with Crippen LogP contribution in [0.3, 0.4) is 0 Å². The van der Waals surface area contributed by atoms with Crippen molar-refractivity contribution in [2.24, 2.45) is 5.10 Å². The van der Waals surface area contributed by atoms with Gasteiger partial charge in [0.25, 0.3) is 11.8 Å². The zero-order valence-corrected chi connectivity index (χ0v) is 19.8. The lowest BCUT2D eigenvalue weighted by Gasteiger charge is -2.24. The van der Waals surface area contributed by atoms with E-state index in [1.165, 1.54) is 5.01 Å². The number of furan rings is 1. The van der Waals surface area contributed by atoms with Gasteiger partial charge in [-0.2, -0.15) is 5.10 Å². The number of imide groups is 1. The van der Waals surface area contributed by atoms with Crippen molar-refractivity contribution in [3.63, 3.8) is 0 Å². The molecule has 2 atom stereocenters. The fraction of sp³-hybridized carbons (Fsp3) is 0.259. The van der Waals surface area contributed by atoms with E-state index in [4.69, 9.17) is 4.42 Å². The molecule has 8 nitrogen and oxygen atoms in total. The summed E-state index contributed by atoms with van der Waals surface area (Å²) < 4.78 is 5.59. The molecule has 0 saturated carbocycles. The number of benzene rings is 2. The van der Waals surface area contributed by atoms with Gasteiger partial charge in [-0.25, -0.2) is 9.80 Å². The van der Waals surface area contributed by atoms with Gasteiger partial charge in [0.05, 0.1) is 12.0 Å². The van der Waals surface area contributed by atoms with Crippen LogP contribution in [-0.2, 0) is 15.1 Å². The predicted octanol–water partition coefficient (Wildman–Crippen LogP) is 4.04. The highest BCUT2D eigenvalue weighted by Gasteiger charge is 2.50. The Hall–Kier alpha value is -4.20. The summed E-state index contributed by atoms with van der Waals surface area (Å²) in [5.74, 6) is -0.354. The predicted molar refractivity (Wildman–Crippen MR) is 129 cm³/mol. The quantitative estimate of drug-likeness (QED) is 0.570. The first-order valence-corrected chi connectivity index (χ1v) is 11.5. The van der Waals surface area contributed by atoms with Gasteiger partial charge < -0.3 is 9.73 Å². The molecule has 1 saturated heterocycles. The number of carbonyl (C=O) groups is 3. The van der Waals surface area contributed by atoms with E-state index in [-0.39, 0.29) is 0 Å². The molecule has 2 aromatic carbocycles. The van der Waals surface area contributed by atoms with Crippen LogP contribution in [0.4, 0.5) is 4.79 Å². The topological polar surface area (TPSA) is 95.2 Å². The summed E-state index contributed by atoms with van der Waals surface area (Å²) >= 11 is 0. The van der Waals surface area contributed by atoms with Gasteiger partial charge in [0.2, 0.25) is 0 Å². The first kappa shape index (κ1) is 22.6. The van der Waals surface area contributed by atoms with E-state index in [1.54, 1.807) is 25.3 Å². The van der Waals surface area contributed by atoms with E-state index in [1.807, 2.05) is 62.4 Å². The average molecular weight is 471 g/mol. The van der Waals surface area contributed by atoms with E-state index < -0.39 is 36.0 Å². The van der Waals surface area contributed by atoms with Gasteiger partial charge in [0.1, 0.15) is 23.9 Å². The van der Waals surface area contributed by atoms with Crippen LogP contribution in [0.2, 0.25) is 0 Å². The van der Waals surface area contributed by atoms with E-state index >= 15 is 0 Å². The molecule has 1 N–H and O–H groups in total. The molecule has 0 spiro atoms. The van der Waals surface area contributed by atoms with Gasteiger partial charge in [-0.15, -0.1) is 0 Å². The smallest absolute Gasteiger partial charge is 0.325 e. The molecule has 3 aromatic rings. The fourth-order valence-corrected chi connectivity index (χ4v) is 4.49. The largest absolute Gasteiger partial charge is 0.467 e. The zero-order chi connectivity index (χ0) is 24.7. The minimum absolute atomic E-state index is 0.423. The van der Waals surface area contributed by atoms with Crippen molar-refractivity contribution in [2.75, 3.05) is 6.54 Å². The van der Waals surface area contributed by atoms with Crippen molar-refractivity contribution in [1.82, 2.24) is 15.2 Å². The van der Waals surface area contributed by atoms with Crippen molar-refractivity contribution in [3.05, 3.63) is 94.9 Å². The molecular weight excluding hydrogens is 444 g/mol. The number of nitrogens with one attached hydrogen (secondary N) is 1. The number of hydrogen-bond acceptors (Lipinski definition) is 5. The minimum atomic E-state index is -1.24. The highest BCUT2D eigenvalue weighted by atomic mass is 16.3. The Morgan fingerprint density at radius 1 is 1.06 bits per heavy atom. The van der Waals surface area contributed by atoms with Crippen molar-refractivity contribution >= 4 is 23.6 Å². The molecule has 4 amide bonds. The maximum Gasteiger partial charge on any atom is 0.325 e. The number of aryl methyl sites for hydroxylation is 2. The molecule has 178 valence electrons. The molecule has 2 aliphatic rings. The molecule has 0 bridgehead atoms. The molecule has 0 radical (unpaired) electrons. The summed E-state index contributed by atoms with van der Waals surface area (Å²) in [6, 6.07) is 17.8. The Balaban J connectivity index is 1.40. The first-order valence-electron chi connectivity index (χ1n) is 11.5. The molecule has 1 aromatic heterocycles. The number of nitrogens with zero attached hydrogens (tertiary/aromatic N) is 3.